The van der Waals surface area contributed by atoms with Crippen LogP contribution in [0.3, 0.4) is 0 Å². The van der Waals surface area contributed by atoms with Gasteiger partial charge in [-0.15, -0.1) is 0 Å². The van der Waals surface area contributed by atoms with Crippen LogP contribution in [0.25, 0.3) is 10.9 Å². The Hall–Kier alpha value is -3.28. The lowest BCUT2D eigenvalue weighted by molar-refractivity contribution is -0.136. The van der Waals surface area contributed by atoms with E-state index in [-0.39, 0.29) is 0 Å². The summed E-state index contributed by atoms with van der Waals surface area (Å²) in [4.78, 5) is 27.1. The monoisotopic (exact) mass is 336 g/mol. The average molecular weight is 336 g/mol. The number of anilines is 2. The predicted molar refractivity (Wildman–Crippen MR) is 99.2 cm³/mol. The molecule has 0 bridgehead atoms. The summed E-state index contributed by atoms with van der Waals surface area (Å²) in [5.74, 6) is -1.41. The molecule has 3 rings (SSSR count). The number of amides is 2. The van der Waals surface area contributed by atoms with Crippen LogP contribution < -0.4 is 16.4 Å². The Kier molecular flexibility index (Phi) is 4.70. The Balaban J connectivity index is 1.54. The smallest absolute Gasteiger partial charge is 0.313 e. The Morgan fingerprint density at radius 3 is 2.72 bits per heavy atom. The molecule has 6 heteroatoms. The zero-order valence-electron chi connectivity index (χ0n) is 13.9. The number of benzene rings is 2. The summed E-state index contributed by atoms with van der Waals surface area (Å²) in [5.41, 5.74) is 9.83. The van der Waals surface area contributed by atoms with Crippen LogP contribution in [0.15, 0.2) is 48.7 Å². The average Bonchev–Trinajstić information content (AvgIpc) is 3.00. The molecule has 0 saturated carbocycles. The molecule has 0 spiro atoms. The first kappa shape index (κ1) is 16.6. The van der Waals surface area contributed by atoms with Crippen molar-refractivity contribution in [3.63, 3.8) is 0 Å². The lowest BCUT2D eigenvalue weighted by Gasteiger charge is -2.09. The zero-order chi connectivity index (χ0) is 17.8. The number of nitrogen functional groups attached to an aromatic ring is 1. The van der Waals surface area contributed by atoms with Gasteiger partial charge in [-0.1, -0.05) is 24.3 Å². The largest absolute Gasteiger partial charge is 0.397 e. The van der Waals surface area contributed by atoms with E-state index in [1.54, 1.807) is 12.1 Å². The first-order valence-corrected chi connectivity index (χ1v) is 8.05. The standard InChI is InChI=1S/C19H20N4O2/c1-12-6-7-17(15(20)10-12)23-19(25)18(24)21-9-8-13-11-22-16-5-3-2-4-14(13)16/h2-7,10-11,22H,8-9,20H2,1H3,(H,21,24)(H,23,25). The molecule has 0 radical (unpaired) electrons. The third-order valence-electron chi connectivity index (χ3n) is 4.02. The number of carbonyl (C=O) groups excluding carboxylic acids is 2. The molecule has 0 aliphatic carbocycles. The van der Waals surface area contributed by atoms with Crippen molar-refractivity contribution in [2.24, 2.45) is 0 Å². The summed E-state index contributed by atoms with van der Waals surface area (Å²) < 4.78 is 0. The van der Waals surface area contributed by atoms with Gasteiger partial charge < -0.3 is 21.4 Å². The second-order valence-corrected chi connectivity index (χ2v) is 5.91. The normalized spacial score (nSPS) is 10.6. The van der Waals surface area contributed by atoms with E-state index in [4.69, 9.17) is 5.73 Å². The molecule has 128 valence electrons. The van der Waals surface area contributed by atoms with Crippen molar-refractivity contribution < 1.29 is 9.59 Å². The molecule has 0 fully saturated rings. The lowest BCUT2D eigenvalue weighted by atomic mass is 10.1. The Morgan fingerprint density at radius 1 is 1.12 bits per heavy atom. The molecule has 0 aliphatic rings. The first-order chi connectivity index (χ1) is 12.0. The number of fused-ring (bicyclic) bond motifs is 1. The van der Waals surface area contributed by atoms with E-state index in [0.29, 0.717) is 24.3 Å². The number of rotatable bonds is 4. The van der Waals surface area contributed by atoms with Gasteiger partial charge in [0.1, 0.15) is 0 Å². The van der Waals surface area contributed by atoms with E-state index >= 15 is 0 Å². The topological polar surface area (TPSA) is 100 Å². The van der Waals surface area contributed by atoms with Gasteiger partial charge in [0.25, 0.3) is 0 Å². The van der Waals surface area contributed by atoms with Crippen LogP contribution in [0.2, 0.25) is 0 Å². The van der Waals surface area contributed by atoms with E-state index in [2.05, 4.69) is 15.6 Å². The summed E-state index contributed by atoms with van der Waals surface area (Å²) in [6, 6.07) is 13.2. The lowest BCUT2D eigenvalue weighted by Crippen LogP contribution is -2.36. The zero-order valence-corrected chi connectivity index (χ0v) is 13.9. The maximum Gasteiger partial charge on any atom is 0.313 e. The molecule has 0 saturated heterocycles. The van der Waals surface area contributed by atoms with Gasteiger partial charge in [0.2, 0.25) is 0 Å². The summed E-state index contributed by atoms with van der Waals surface area (Å²) in [6.45, 7) is 2.27. The highest BCUT2D eigenvalue weighted by atomic mass is 16.2. The quantitative estimate of drug-likeness (QED) is 0.435. The van der Waals surface area contributed by atoms with Crippen molar-refractivity contribution in [1.29, 1.82) is 0 Å². The van der Waals surface area contributed by atoms with Crippen LogP contribution in [0.1, 0.15) is 11.1 Å². The summed E-state index contributed by atoms with van der Waals surface area (Å²) in [7, 11) is 0. The molecule has 2 aromatic carbocycles. The fourth-order valence-electron chi connectivity index (χ4n) is 2.70. The van der Waals surface area contributed by atoms with Crippen LogP contribution in [0.5, 0.6) is 0 Å². The molecule has 1 aromatic heterocycles. The van der Waals surface area contributed by atoms with E-state index < -0.39 is 11.8 Å². The summed E-state index contributed by atoms with van der Waals surface area (Å²) in [5, 5.41) is 6.28. The number of nitrogens with one attached hydrogen (secondary N) is 3. The van der Waals surface area contributed by atoms with Gasteiger partial charge >= 0.3 is 11.8 Å². The number of hydrogen-bond acceptors (Lipinski definition) is 3. The third kappa shape index (κ3) is 3.80. The van der Waals surface area contributed by atoms with Crippen molar-refractivity contribution in [1.82, 2.24) is 10.3 Å². The number of carbonyl (C=O) groups is 2. The van der Waals surface area contributed by atoms with Crippen LogP contribution in [0, 0.1) is 6.92 Å². The third-order valence-corrected chi connectivity index (χ3v) is 4.02. The number of aromatic nitrogens is 1. The first-order valence-electron chi connectivity index (χ1n) is 8.05. The Labute approximate surface area is 145 Å². The van der Waals surface area contributed by atoms with Gasteiger partial charge in [-0.05, 0) is 42.7 Å². The molecule has 25 heavy (non-hydrogen) atoms. The number of nitrogens with two attached hydrogens (primary N) is 1. The maximum absolute atomic E-state index is 12.0. The minimum absolute atomic E-state index is 0.373. The molecule has 1 heterocycles. The second-order valence-electron chi connectivity index (χ2n) is 5.91. The molecule has 0 atom stereocenters. The van der Waals surface area contributed by atoms with Gasteiger partial charge in [-0.25, -0.2) is 0 Å². The molecule has 6 nitrogen and oxygen atoms in total. The molecule has 2 amide bonds. The predicted octanol–water partition coefficient (Wildman–Crippen LogP) is 2.36. The summed E-state index contributed by atoms with van der Waals surface area (Å²) >= 11 is 0. The maximum atomic E-state index is 12.0. The fourth-order valence-corrected chi connectivity index (χ4v) is 2.70. The van der Waals surface area contributed by atoms with Crippen molar-refractivity contribution >= 4 is 34.1 Å². The highest BCUT2D eigenvalue weighted by Gasteiger charge is 2.14. The van der Waals surface area contributed by atoms with E-state index in [1.807, 2.05) is 43.5 Å². The molecule has 0 aliphatic heterocycles. The van der Waals surface area contributed by atoms with Crippen molar-refractivity contribution in [3.8, 4) is 0 Å². The highest BCUT2D eigenvalue weighted by molar-refractivity contribution is 6.39. The second kappa shape index (κ2) is 7.09. The number of para-hydroxylation sites is 1. The Bertz CT molecular complexity index is 930. The summed E-state index contributed by atoms with van der Waals surface area (Å²) in [6.07, 6.45) is 2.56. The van der Waals surface area contributed by atoms with Crippen molar-refractivity contribution in [2.45, 2.75) is 13.3 Å². The SMILES string of the molecule is Cc1ccc(NC(=O)C(=O)NCCc2c[nH]c3ccccc23)c(N)c1. The Morgan fingerprint density at radius 2 is 1.92 bits per heavy atom. The minimum Gasteiger partial charge on any atom is -0.397 e. The molecule has 5 N–H and O–H groups in total. The minimum atomic E-state index is -0.727. The molecule has 0 unspecified atom stereocenters. The number of aryl methyl sites for hydroxylation is 1. The van der Waals surface area contributed by atoms with Crippen LogP contribution in [-0.4, -0.2) is 23.3 Å². The number of aromatic amines is 1. The van der Waals surface area contributed by atoms with E-state index in [1.165, 1.54) is 0 Å². The van der Waals surface area contributed by atoms with Crippen LogP contribution in [-0.2, 0) is 16.0 Å². The van der Waals surface area contributed by atoms with Crippen LogP contribution >= 0.6 is 0 Å². The van der Waals surface area contributed by atoms with Gasteiger partial charge in [0.15, 0.2) is 0 Å². The van der Waals surface area contributed by atoms with Gasteiger partial charge in [0, 0.05) is 23.6 Å². The van der Waals surface area contributed by atoms with Crippen molar-refractivity contribution in [2.75, 3.05) is 17.6 Å². The fraction of sp³-hybridized carbons (Fsp3) is 0.158. The van der Waals surface area contributed by atoms with E-state index in [9.17, 15) is 9.59 Å². The van der Waals surface area contributed by atoms with Gasteiger partial charge in [-0.3, -0.25) is 9.59 Å². The van der Waals surface area contributed by atoms with E-state index in [0.717, 1.165) is 22.0 Å². The van der Waals surface area contributed by atoms with Crippen LogP contribution in [0.4, 0.5) is 11.4 Å². The highest BCUT2D eigenvalue weighted by Crippen LogP contribution is 2.19. The molecule has 3 aromatic rings. The molecular weight excluding hydrogens is 316 g/mol. The van der Waals surface area contributed by atoms with Gasteiger partial charge in [0.05, 0.1) is 11.4 Å². The van der Waals surface area contributed by atoms with Gasteiger partial charge in [-0.2, -0.15) is 0 Å². The van der Waals surface area contributed by atoms with Crippen molar-refractivity contribution in [3.05, 3.63) is 59.8 Å². The molecular formula is C19H20N4O2. The number of H-pyrrole nitrogens is 1. The number of hydrogen-bond donors (Lipinski definition) is 4.